The zero-order valence-electron chi connectivity index (χ0n) is 10.4. The largest absolute Gasteiger partial charge is 0.481 e. The summed E-state index contributed by atoms with van der Waals surface area (Å²) in [6.45, 7) is 1.78. The predicted octanol–water partition coefficient (Wildman–Crippen LogP) is -0.222. The van der Waals surface area contributed by atoms with Gasteiger partial charge >= 0.3 is 18.0 Å². The number of carboxylic acid groups (broad SMARTS) is 2. The lowest BCUT2D eigenvalue weighted by atomic mass is 10.2. The fourth-order valence-electron chi connectivity index (χ4n) is 1.31. The number of urea groups is 1. The molecule has 1 rings (SSSR count). The van der Waals surface area contributed by atoms with Gasteiger partial charge in [0.25, 0.3) is 0 Å². The minimum atomic E-state index is -1.50. The number of carboxylic acids is 2. The monoisotopic (exact) mass is 270 g/mol. The number of nitrogens with zero attached hydrogens (tertiary/aromatic N) is 2. The number of aryl methyl sites for hydroxylation is 2. The van der Waals surface area contributed by atoms with Crippen molar-refractivity contribution >= 4 is 23.8 Å². The smallest absolute Gasteiger partial charge is 0.326 e. The van der Waals surface area contributed by atoms with Crippen molar-refractivity contribution in [1.29, 1.82) is 0 Å². The van der Waals surface area contributed by atoms with E-state index in [4.69, 9.17) is 10.2 Å². The first kappa shape index (κ1) is 14.5. The van der Waals surface area contributed by atoms with Crippen molar-refractivity contribution in [3.05, 3.63) is 11.8 Å². The van der Waals surface area contributed by atoms with Crippen molar-refractivity contribution < 1.29 is 24.6 Å². The van der Waals surface area contributed by atoms with Gasteiger partial charge in [-0.15, -0.1) is 0 Å². The van der Waals surface area contributed by atoms with Gasteiger partial charge in [0, 0.05) is 18.8 Å². The summed E-state index contributed by atoms with van der Waals surface area (Å²) in [7, 11) is 1.68. The van der Waals surface area contributed by atoms with Crippen molar-refractivity contribution in [3.63, 3.8) is 0 Å². The lowest BCUT2D eigenvalue weighted by molar-refractivity contribution is -0.145. The fraction of sp³-hybridized carbons (Fsp3) is 0.400. The summed E-state index contributed by atoms with van der Waals surface area (Å²) >= 11 is 0. The van der Waals surface area contributed by atoms with E-state index in [2.05, 4.69) is 10.4 Å². The number of hydrogen-bond donors (Lipinski definition) is 4. The van der Waals surface area contributed by atoms with Crippen LogP contribution in [0.15, 0.2) is 6.07 Å². The molecule has 9 nitrogen and oxygen atoms in total. The lowest BCUT2D eigenvalue weighted by Crippen LogP contribution is -2.44. The van der Waals surface area contributed by atoms with Gasteiger partial charge in [-0.25, -0.2) is 9.59 Å². The molecule has 0 aliphatic heterocycles. The Kier molecular flexibility index (Phi) is 4.46. The topological polar surface area (TPSA) is 134 Å². The highest BCUT2D eigenvalue weighted by atomic mass is 16.4. The summed E-state index contributed by atoms with van der Waals surface area (Å²) in [4.78, 5) is 32.7. The Morgan fingerprint density at radius 1 is 1.42 bits per heavy atom. The quantitative estimate of drug-likeness (QED) is 0.584. The molecular weight excluding hydrogens is 256 g/mol. The summed E-state index contributed by atoms with van der Waals surface area (Å²) in [5.74, 6) is -2.49. The van der Waals surface area contributed by atoms with Gasteiger partial charge in [-0.1, -0.05) is 0 Å². The fourth-order valence-corrected chi connectivity index (χ4v) is 1.31. The van der Waals surface area contributed by atoms with Gasteiger partial charge in [0.2, 0.25) is 0 Å². The average molecular weight is 270 g/mol. The number of rotatable bonds is 5. The third-order valence-corrected chi connectivity index (χ3v) is 2.34. The molecule has 0 fully saturated rings. The predicted molar refractivity (Wildman–Crippen MR) is 63.8 cm³/mol. The Morgan fingerprint density at radius 2 is 2.05 bits per heavy atom. The third-order valence-electron chi connectivity index (χ3n) is 2.34. The van der Waals surface area contributed by atoms with E-state index in [-0.39, 0.29) is 5.82 Å². The summed E-state index contributed by atoms with van der Waals surface area (Å²) in [6, 6.07) is -0.735. The highest BCUT2D eigenvalue weighted by molar-refractivity contribution is 5.92. The number of hydrogen-bond acceptors (Lipinski definition) is 4. The SMILES string of the molecule is Cc1cc(NC(=O)N[C@@H](CC(=O)O)C(=O)O)nn1C. The summed E-state index contributed by atoms with van der Waals surface area (Å²) in [5, 5.41) is 25.6. The molecule has 1 aromatic rings. The highest BCUT2D eigenvalue weighted by Crippen LogP contribution is 2.06. The molecule has 19 heavy (non-hydrogen) atoms. The van der Waals surface area contributed by atoms with E-state index in [9.17, 15) is 14.4 Å². The molecule has 0 saturated carbocycles. The van der Waals surface area contributed by atoms with Gasteiger partial charge in [0.1, 0.15) is 6.04 Å². The van der Waals surface area contributed by atoms with Crippen molar-refractivity contribution in [2.24, 2.45) is 7.05 Å². The number of nitrogens with one attached hydrogen (secondary N) is 2. The van der Waals surface area contributed by atoms with E-state index >= 15 is 0 Å². The van der Waals surface area contributed by atoms with E-state index in [0.717, 1.165) is 5.69 Å². The van der Waals surface area contributed by atoms with Gasteiger partial charge in [-0.3, -0.25) is 14.8 Å². The molecule has 104 valence electrons. The molecule has 0 aliphatic carbocycles. The molecule has 0 unspecified atom stereocenters. The van der Waals surface area contributed by atoms with Gasteiger partial charge in [-0.05, 0) is 6.92 Å². The Morgan fingerprint density at radius 3 is 2.47 bits per heavy atom. The van der Waals surface area contributed by atoms with Gasteiger partial charge in [-0.2, -0.15) is 5.10 Å². The van der Waals surface area contributed by atoms with Crippen LogP contribution in [0, 0.1) is 6.92 Å². The molecule has 0 radical (unpaired) electrons. The van der Waals surface area contributed by atoms with Crippen LogP contribution in [0.2, 0.25) is 0 Å². The molecule has 0 spiro atoms. The maximum atomic E-state index is 11.5. The van der Waals surface area contributed by atoms with Crippen molar-refractivity contribution in [2.75, 3.05) is 5.32 Å². The van der Waals surface area contributed by atoms with Crippen molar-refractivity contribution in [1.82, 2.24) is 15.1 Å². The second-order valence-corrected chi connectivity index (χ2v) is 3.88. The number of aromatic nitrogens is 2. The van der Waals surface area contributed by atoms with E-state index < -0.39 is 30.4 Å². The normalized spacial score (nSPS) is 11.7. The number of anilines is 1. The minimum absolute atomic E-state index is 0.247. The Hall–Kier alpha value is -2.58. The molecule has 0 saturated heterocycles. The van der Waals surface area contributed by atoms with Crippen LogP contribution in [0.25, 0.3) is 0 Å². The first-order valence-corrected chi connectivity index (χ1v) is 5.32. The number of amides is 2. The molecule has 9 heteroatoms. The summed E-state index contributed by atoms with van der Waals surface area (Å²) in [5.41, 5.74) is 0.802. The number of carbonyl (C=O) groups excluding carboxylic acids is 1. The van der Waals surface area contributed by atoms with E-state index in [1.165, 1.54) is 4.68 Å². The van der Waals surface area contributed by atoms with Crippen LogP contribution >= 0.6 is 0 Å². The molecule has 2 amide bonds. The van der Waals surface area contributed by atoms with Crippen molar-refractivity contribution in [2.45, 2.75) is 19.4 Å². The van der Waals surface area contributed by atoms with E-state index in [0.29, 0.717) is 0 Å². The van der Waals surface area contributed by atoms with Crippen molar-refractivity contribution in [3.8, 4) is 0 Å². The van der Waals surface area contributed by atoms with Crippen LogP contribution in [0.4, 0.5) is 10.6 Å². The molecule has 0 aromatic carbocycles. The molecule has 0 aliphatic rings. The first-order chi connectivity index (χ1) is 8.79. The lowest BCUT2D eigenvalue weighted by Gasteiger charge is -2.12. The molecule has 1 heterocycles. The molecule has 1 aromatic heterocycles. The Bertz CT molecular complexity index is 491. The van der Waals surface area contributed by atoms with Crippen LogP contribution < -0.4 is 10.6 Å². The van der Waals surface area contributed by atoms with E-state index in [1.807, 2.05) is 5.32 Å². The maximum absolute atomic E-state index is 11.5. The molecule has 0 bridgehead atoms. The van der Waals surface area contributed by atoms with Gasteiger partial charge < -0.3 is 15.5 Å². The van der Waals surface area contributed by atoms with Crippen LogP contribution in [-0.4, -0.2) is 44.0 Å². The van der Waals surface area contributed by atoms with Crippen LogP contribution in [0.1, 0.15) is 12.1 Å². The van der Waals surface area contributed by atoms with E-state index in [1.54, 1.807) is 20.0 Å². The van der Waals surface area contributed by atoms with Crippen LogP contribution in [0.5, 0.6) is 0 Å². The first-order valence-electron chi connectivity index (χ1n) is 5.32. The molecular formula is C10H14N4O5. The second-order valence-electron chi connectivity index (χ2n) is 3.88. The Labute approximate surface area is 108 Å². The third kappa shape index (κ3) is 4.30. The highest BCUT2D eigenvalue weighted by Gasteiger charge is 2.23. The average Bonchev–Trinajstić information content (AvgIpc) is 2.55. The summed E-state index contributed by atoms with van der Waals surface area (Å²) < 4.78 is 1.53. The zero-order chi connectivity index (χ0) is 14.6. The standard InChI is InChI=1S/C10H14N4O5/c1-5-3-7(13-14(5)2)12-10(19)11-6(9(17)18)4-8(15)16/h3,6H,4H2,1-2H3,(H,15,16)(H,17,18)(H2,11,12,13,19)/t6-/m0/s1. The minimum Gasteiger partial charge on any atom is -0.481 e. The van der Waals surface area contributed by atoms with Crippen LogP contribution in [-0.2, 0) is 16.6 Å². The van der Waals surface area contributed by atoms with Gasteiger partial charge in [0.15, 0.2) is 5.82 Å². The maximum Gasteiger partial charge on any atom is 0.326 e. The zero-order valence-corrected chi connectivity index (χ0v) is 10.4. The molecule has 1 atom stereocenters. The number of carbonyl (C=O) groups is 3. The van der Waals surface area contributed by atoms with Crippen LogP contribution in [0.3, 0.4) is 0 Å². The number of aliphatic carboxylic acids is 2. The molecule has 4 N–H and O–H groups in total. The van der Waals surface area contributed by atoms with Gasteiger partial charge in [0.05, 0.1) is 6.42 Å². The Balaban J connectivity index is 2.62. The summed E-state index contributed by atoms with van der Waals surface area (Å²) in [6.07, 6.45) is -0.704. The second kappa shape index (κ2) is 5.85.